The van der Waals surface area contributed by atoms with Crippen LogP contribution in [-0.4, -0.2) is 15.5 Å². The Morgan fingerprint density at radius 2 is 2.05 bits per heavy atom. The van der Waals surface area contributed by atoms with Crippen LogP contribution in [0.25, 0.3) is 21.3 Å². The average molecular weight is 317 g/mol. The molecule has 112 valence electrons. The molecule has 2 heterocycles. The molecule has 0 bridgehead atoms. The molecule has 0 aliphatic heterocycles. The van der Waals surface area contributed by atoms with Crippen LogP contribution < -0.4 is 10.7 Å². The maximum atomic E-state index is 13.0. The second kappa shape index (κ2) is 5.34. The lowest BCUT2D eigenvalue weighted by Gasteiger charge is -2.15. The fourth-order valence-corrected chi connectivity index (χ4v) is 3.08. The lowest BCUT2D eigenvalue weighted by molar-refractivity contribution is -0.309. The molecule has 0 radical (unpaired) electrons. The molecular weight excluding hydrogens is 307 g/mol. The lowest BCUT2D eigenvalue weighted by atomic mass is 10.1. The van der Waals surface area contributed by atoms with Gasteiger partial charge in [-0.05, 0) is 24.6 Å². The Balaban J connectivity index is 2.25. The van der Waals surface area contributed by atoms with Crippen molar-refractivity contribution in [2.75, 3.05) is 0 Å². The third-order valence-electron chi connectivity index (χ3n) is 3.43. The lowest BCUT2D eigenvalue weighted by Crippen LogP contribution is -2.36. The molecule has 5 nitrogen and oxygen atoms in total. The minimum atomic E-state index is -1.36. The van der Waals surface area contributed by atoms with Crippen LogP contribution in [0.3, 0.4) is 0 Å². The summed E-state index contributed by atoms with van der Waals surface area (Å²) in [7, 11) is 0. The highest BCUT2D eigenvalue weighted by Gasteiger charge is 2.16. The molecule has 0 amide bonds. The molecule has 1 unspecified atom stereocenters. The first-order valence-corrected chi connectivity index (χ1v) is 7.32. The Morgan fingerprint density at radius 3 is 2.68 bits per heavy atom. The largest absolute Gasteiger partial charge is 0.548 e. The Bertz CT molecular complexity index is 915. The molecule has 0 aliphatic carbocycles. The Morgan fingerprint density at radius 1 is 1.36 bits per heavy atom. The maximum Gasteiger partial charge on any atom is 0.263 e. The van der Waals surface area contributed by atoms with E-state index in [0.717, 1.165) is 4.57 Å². The van der Waals surface area contributed by atoms with Gasteiger partial charge in [0.2, 0.25) is 0 Å². The van der Waals surface area contributed by atoms with Crippen LogP contribution in [0.5, 0.6) is 0 Å². The summed E-state index contributed by atoms with van der Waals surface area (Å²) in [6, 6.07) is 4.62. The molecule has 0 N–H and O–H groups in total. The molecule has 0 fully saturated rings. The summed E-state index contributed by atoms with van der Waals surface area (Å²) in [6.07, 6.45) is 1.20. The van der Waals surface area contributed by atoms with Gasteiger partial charge in [-0.25, -0.2) is 9.37 Å². The minimum absolute atomic E-state index is 0.326. The number of thiophene rings is 1. The van der Waals surface area contributed by atoms with Crippen molar-refractivity contribution in [3.8, 4) is 11.1 Å². The Kier molecular flexibility index (Phi) is 3.50. The highest BCUT2D eigenvalue weighted by Crippen LogP contribution is 2.30. The van der Waals surface area contributed by atoms with Crippen LogP contribution in [0.2, 0.25) is 0 Å². The number of halogens is 1. The van der Waals surface area contributed by atoms with Gasteiger partial charge < -0.3 is 9.90 Å². The molecule has 3 aromatic rings. The highest BCUT2D eigenvalue weighted by atomic mass is 32.1. The van der Waals surface area contributed by atoms with E-state index in [-0.39, 0.29) is 5.82 Å². The second-order valence-corrected chi connectivity index (χ2v) is 5.65. The number of nitrogens with zero attached hydrogens (tertiary/aromatic N) is 2. The van der Waals surface area contributed by atoms with Crippen molar-refractivity contribution < 1.29 is 14.3 Å². The van der Waals surface area contributed by atoms with Crippen molar-refractivity contribution in [2.45, 2.75) is 13.0 Å². The van der Waals surface area contributed by atoms with Gasteiger partial charge in [-0.15, -0.1) is 11.3 Å². The number of carbonyl (C=O) groups excluding carboxylic acids is 1. The van der Waals surface area contributed by atoms with Gasteiger partial charge in [0.25, 0.3) is 5.56 Å². The van der Waals surface area contributed by atoms with Crippen molar-refractivity contribution in [2.24, 2.45) is 0 Å². The molecule has 0 spiro atoms. The number of aromatic nitrogens is 2. The van der Waals surface area contributed by atoms with E-state index in [9.17, 15) is 19.1 Å². The van der Waals surface area contributed by atoms with E-state index in [1.165, 1.54) is 36.7 Å². The number of hydrogen-bond donors (Lipinski definition) is 0. The average Bonchev–Trinajstić information content (AvgIpc) is 2.92. The number of aliphatic carboxylic acids is 1. The number of benzene rings is 1. The van der Waals surface area contributed by atoms with Gasteiger partial charge in [-0.3, -0.25) is 9.36 Å². The zero-order valence-corrected chi connectivity index (χ0v) is 12.3. The Labute approximate surface area is 128 Å². The number of carboxylic acid groups (broad SMARTS) is 1. The zero-order chi connectivity index (χ0) is 15.9. The summed E-state index contributed by atoms with van der Waals surface area (Å²) in [5.74, 6) is -1.73. The summed E-state index contributed by atoms with van der Waals surface area (Å²) >= 11 is 1.27. The van der Waals surface area contributed by atoms with Crippen LogP contribution in [0.15, 0.2) is 40.8 Å². The quantitative estimate of drug-likeness (QED) is 0.735. The van der Waals surface area contributed by atoms with E-state index in [1.54, 1.807) is 17.5 Å². The predicted molar refractivity (Wildman–Crippen MR) is 79.0 cm³/mol. The molecule has 0 saturated heterocycles. The van der Waals surface area contributed by atoms with Crippen LogP contribution in [0.1, 0.15) is 13.0 Å². The third kappa shape index (κ3) is 2.29. The number of rotatable bonds is 3. The first kappa shape index (κ1) is 14.4. The van der Waals surface area contributed by atoms with E-state index in [1.807, 2.05) is 0 Å². The van der Waals surface area contributed by atoms with Crippen molar-refractivity contribution >= 4 is 27.5 Å². The molecular formula is C15H10FN2O3S-. The summed E-state index contributed by atoms with van der Waals surface area (Å²) in [5.41, 5.74) is 0.824. The summed E-state index contributed by atoms with van der Waals surface area (Å²) < 4.78 is 14.1. The summed E-state index contributed by atoms with van der Waals surface area (Å²) in [4.78, 5) is 28.2. The van der Waals surface area contributed by atoms with Crippen molar-refractivity contribution in [3.05, 3.63) is 52.1 Å². The van der Waals surface area contributed by atoms with E-state index < -0.39 is 17.6 Å². The molecule has 0 saturated carbocycles. The van der Waals surface area contributed by atoms with Gasteiger partial charge in [-0.1, -0.05) is 12.1 Å². The van der Waals surface area contributed by atoms with Crippen LogP contribution >= 0.6 is 11.3 Å². The van der Waals surface area contributed by atoms with Crippen LogP contribution in [-0.2, 0) is 4.79 Å². The van der Waals surface area contributed by atoms with Gasteiger partial charge in [0.15, 0.2) is 0 Å². The normalized spacial score (nSPS) is 12.5. The van der Waals surface area contributed by atoms with Gasteiger partial charge in [0, 0.05) is 10.9 Å². The van der Waals surface area contributed by atoms with Gasteiger partial charge in [0.1, 0.15) is 10.6 Å². The summed E-state index contributed by atoms with van der Waals surface area (Å²) in [5, 5.41) is 13.1. The zero-order valence-electron chi connectivity index (χ0n) is 11.4. The van der Waals surface area contributed by atoms with E-state index in [4.69, 9.17) is 0 Å². The van der Waals surface area contributed by atoms with E-state index in [2.05, 4.69) is 4.98 Å². The maximum absolute atomic E-state index is 13.0. The molecule has 1 aromatic carbocycles. The summed E-state index contributed by atoms with van der Waals surface area (Å²) in [6.45, 7) is 1.36. The van der Waals surface area contributed by atoms with E-state index >= 15 is 0 Å². The van der Waals surface area contributed by atoms with Crippen molar-refractivity contribution in [1.29, 1.82) is 0 Å². The number of fused-ring (bicyclic) bond motifs is 1. The highest BCUT2D eigenvalue weighted by molar-refractivity contribution is 7.17. The van der Waals surface area contributed by atoms with E-state index in [0.29, 0.717) is 21.3 Å². The monoisotopic (exact) mass is 317 g/mol. The topological polar surface area (TPSA) is 75.0 Å². The number of carbonyl (C=O) groups is 1. The second-order valence-electron chi connectivity index (χ2n) is 4.79. The fraction of sp³-hybridized carbons (Fsp3) is 0.133. The molecule has 22 heavy (non-hydrogen) atoms. The first-order valence-electron chi connectivity index (χ1n) is 6.44. The smallest absolute Gasteiger partial charge is 0.263 e. The van der Waals surface area contributed by atoms with Gasteiger partial charge in [-0.2, -0.15) is 0 Å². The first-order chi connectivity index (χ1) is 10.5. The van der Waals surface area contributed by atoms with Gasteiger partial charge >= 0.3 is 0 Å². The van der Waals surface area contributed by atoms with Crippen LogP contribution in [0.4, 0.5) is 4.39 Å². The van der Waals surface area contributed by atoms with Crippen molar-refractivity contribution in [1.82, 2.24) is 9.55 Å². The predicted octanol–water partition coefficient (Wildman–Crippen LogP) is 1.57. The van der Waals surface area contributed by atoms with Gasteiger partial charge in [0.05, 0.1) is 23.7 Å². The molecule has 1 atom stereocenters. The minimum Gasteiger partial charge on any atom is -0.548 e. The number of carboxylic acids is 1. The molecule has 3 rings (SSSR count). The number of hydrogen-bond acceptors (Lipinski definition) is 5. The molecule has 2 aromatic heterocycles. The standard InChI is InChI=1S/C15H11FN2O3S/c1-8(15(20)21)18-7-17-13-12(14(18)19)11(6-22-13)9-2-4-10(16)5-3-9/h2-8H,1H3,(H,20,21)/p-1. The molecule has 0 aliphatic rings. The Hall–Kier alpha value is -2.54. The molecule has 7 heteroatoms. The third-order valence-corrected chi connectivity index (χ3v) is 4.32. The van der Waals surface area contributed by atoms with Crippen LogP contribution in [0, 0.1) is 5.82 Å². The SMILES string of the molecule is CC(C(=O)[O-])n1cnc2scc(-c3ccc(F)cc3)c2c1=O. The fourth-order valence-electron chi connectivity index (χ4n) is 2.18. The van der Waals surface area contributed by atoms with Crippen molar-refractivity contribution in [3.63, 3.8) is 0 Å².